The Kier molecular flexibility index (Phi) is 4.18. The second-order valence-corrected chi connectivity index (χ2v) is 6.06. The van der Waals surface area contributed by atoms with Gasteiger partial charge >= 0.3 is 0 Å². The van der Waals surface area contributed by atoms with Crippen LogP contribution in [0.4, 0.5) is 0 Å². The summed E-state index contributed by atoms with van der Waals surface area (Å²) in [5.41, 5.74) is 0.722. The fourth-order valence-corrected chi connectivity index (χ4v) is 3.22. The Morgan fingerprint density at radius 1 is 0.909 bits per heavy atom. The molecule has 1 aromatic heterocycles. The largest absolute Gasteiger partial charge is 0.605 e. The maximum atomic E-state index is 12.6. The van der Waals surface area contributed by atoms with Crippen molar-refractivity contribution in [3.05, 3.63) is 54.6 Å². The Hall–Kier alpha value is -2.24. The summed E-state index contributed by atoms with van der Waals surface area (Å²) in [4.78, 5) is 5.23. The molecule has 5 heteroatoms. The average molecular weight is 313 g/mol. The molecule has 0 N–H and O–H groups in total. The monoisotopic (exact) mass is 313 g/mol. The van der Waals surface area contributed by atoms with E-state index in [1.165, 1.54) is 0 Å². The van der Waals surface area contributed by atoms with Crippen molar-refractivity contribution in [3.63, 3.8) is 0 Å². The molecule has 4 nitrogen and oxygen atoms in total. The lowest BCUT2D eigenvalue weighted by molar-refractivity contribution is 0.356. The predicted octanol–water partition coefficient (Wildman–Crippen LogP) is 3.42. The molecule has 0 aliphatic rings. The van der Waals surface area contributed by atoms with Gasteiger partial charge < -0.3 is 14.0 Å². The van der Waals surface area contributed by atoms with Crippen molar-refractivity contribution >= 4 is 22.1 Å². The van der Waals surface area contributed by atoms with E-state index in [4.69, 9.17) is 9.47 Å². The van der Waals surface area contributed by atoms with Crippen molar-refractivity contribution in [2.75, 3.05) is 14.2 Å². The molecule has 3 aromatic rings. The van der Waals surface area contributed by atoms with Gasteiger partial charge in [0.2, 0.25) is 0 Å². The van der Waals surface area contributed by atoms with Gasteiger partial charge in [-0.3, -0.25) is 0 Å². The Bertz CT molecular complexity index is 793. The van der Waals surface area contributed by atoms with Crippen LogP contribution < -0.4 is 9.47 Å². The lowest BCUT2D eigenvalue weighted by Crippen LogP contribution is -2.04. The fraction of sp³-hybridized carbons (Fsp3) is 0.118. The fourth-order valence-electron chi connectivity index (χ4n) is 2.20. The summed E-state index contributed by atoms with van der Waals surface area (Å²) in [6.07, 6.45) is 0. The molecule has 0 bridgehead atoms. The van der Waals surface area contributed by atoms with Crippen molar-refractivity contribution in [1.29, 1.82) is 0 Å². The Morgan fingerprint density at radius 3 is 2.27 bits per heavy atom. The number of fused-ring (bicyclic) bond motifs is 1. The van der Waals surface area contributed by atoms with Gasteiger partial charge in [0.05, 0.1) is 19.7 Å². The number of methoxy groups -OCH3 is 2. The van der Waals surface area contributed by atoms with Gasteiger partial charge in [-0.15, -0.1) is 0 Å². The van der Waals surface area contributed by atoms with Gasteiger partial charge in [-0.2, -0.15) is 0 Å². The molecule has 2 aromatic carbocycles. The van der Waals surface area contributed by atoms with Gasteiger partial charge in [0.15, 0.2) is 16.4 Å². The second-order valence-electron chi connectivity index (χ2n) is 4.63. The minimum atomic E-state index is -1.30. The molecule has 0 aliphatic carbocycles. The highest BCUT2D eigenvalue weighted by atomic mass is 32.2. The molecule has 1 heterocycles. The van der Waals surface area contributed by atoms with Crippen LogP contribution in [0.15, 0.2) is 64.5 Å². The molecular formula is C17H15NO3S. The van der Waals surface area contributed by atoms with Crippen LogP contribution in [0.3, 0.4) is 0 Å². The molecule has 0 saturated carbocycles. The molecule has 22 heavy (non-hydrogen) atoms. The molecule has 0 amide bonds. The normalized spacial score (nSPS) is 12.1. The smallest absolute Gasteiger partial charge is 0.250 e. The lowest BCUT2D eigenvalue weighted by atomic mass is 10.2. The number of benzene rings is 2. The highest BCUT2D eigenvalue weighted by molar-refractivity contribution is 7.91. The number of hydrogen-bond acceptors (Lipinski definition) is 4. The molecule has 1 atom stereocenters. The van der Waals surface area contributed by atoms with Gasteiger partial charge in [0, 0.05) is 28.7 Å². The van der Waals surface area contributed by atoms with Crippen LogP contribution in [0.25, 0.3) is 10.9 Å². The summed E-state index contributed by atoms with van der Waals surface area (Å²) in [6.45, 7) is 0. The summed E-state index contributed by atoms with van der Waals surface area (Å²) in [5.74, 6) is 1.25. The van der Waals surface area contributed by atoms with Gasteiger partial charge in [0.25, 0.3) is 5.03 Å². The summed E-state index contributed by atoms with van der Waals surface area (Å²) < 4.78 is 23.1. The topological polar surface area (TPSA) is 54.4 Å². The number of hydrogen-bond donors (Lipinski definition) is 0. The van der Waals surface area contributed by atoms with E-state index in [1.807, 2.05) is 42.5 Å². The summed E-state index contributed by atoms with van der Waals surface area (Å²) >= 11 is -1.30. The number of nitrogens with zero attached hydrogens (tertiary/aromatic N) is 1. The predicted molar refractivity (Wildman–Crippen MR) is 86.0 cm³/mol. The third-order valence-corrected chi connectivity index (χ3v) is 4.62. The molecule has 112 valence electrons. The minimum Gasteiger partial charge on any atom is -0.605 e. The summed E-state index contributed by atoms with van der Waals surface area (Å²) in [5, 5.41) is 1.43. The highest BCUT2D eigenvalue weighted by Gasteiger charge is 2.17. The van der Waals surface area contributed by atoms with Crippen molar-refractivity contribution in [3.8, 4) is 11.5 Å². The van der Waals surface area contributed by atoms with E-state index in [0.717, 1.165) is 15.8 Å². The van der Waals surface area contributed by atoms with Crippen LogP contribution in [0.2, 0.25) is 0 Å². The first-order chi connectivity index (χ1) is 10.7. The van der Waals surface area contributed by atoms with E-state index < -0.39 is 11.2 Å². The van der Waals surface area contributed by atoms with Gasteiger partial charge in [0.1, 0.15) is 0 Å². The molecule has 0 fully saturated rings. The summed E-state index contributed by atoms with van der Waals surface area (Å²) in [7, 11) is 3.17. The quantitative estimate of drug-likeness (QED) is 0.693. The third kappa shape index (κ3) is 2.73. The number of rotatable bonds is 4. The molecule has 0 saturated heterocycles. The average Bonchev–Trinajstić information content (AvgIpc) is 2.60. The molecule has 1 unspecified atom stereocenters. The van der Waals surface area contributed by atoms with Gasteiger partial charge in [-0.05, 0) is 24.3 Å². The van der Waals surface area contributed by atoms with Crippen molar-refractivity contribution in [2.45, 2.75) is 9.92 Å². The van der Waals surface area contributed by atoms with Gasteiger partial charge in [-0.1, -0.05) is 18.2 Å². The maximum Gasteiger partial charge on any atom is 0.250 e. The third-order valence-electron chi connectivity index (χ3n) is 3.32. The SMILES string of the molecule is COc1cc2ccc([S+]([O-])c3ccccc3)nc2cc1OC. The first-order valence-corrected chi connectivity index (χ1v) is 7.87. The zero-order chi connectivity index (χ0) is 15.5. The van der Waals surface area contributed by atoms with Crippen LogP contribution >= 0.6 is 0 Å². The first kappa shape index (κ1) is 14.7. The zero-order valence-corrected chi connectivity index (χ0v) is 13.1. The first-order valence-electron chi connectivity index (χ1n) is 6.72. The van der Waals surface area contributed by atoms with Gasteiger partial charge in [-0.25, -0.2) is 4.98 Å². The standard InChI is InChI=1S/C17H15NO3S/c1-20-15-10-12-8-9-17(18-14(12)11-16(15)21-2)22(19)13-6-4-3-5-7-13/h3-11H,1-2H3. The molecular weight excluding hydrogens is 298 g/mol. The summed E-state index contributed by atoms with van der Waals surface area (Å²) in [6, 6.07) is 16.6. The molecule has 0 spiro atoms. The molecule has 0 radical (unpaired) electrons. The van der Waals surface area contributed by atoms with E-state index in [1.54, 1.807) is 26.4 Å². The van der Waals surface area contributed by atoms with Crippen LogP contribution in [0.5, 0.6) is 11.5 Å². The van der Waals surface area contributed by atoms with Crippen LogP contribution in [-0.4, -0.2) is 23.8 Å². The minimum absolute atomic E-state index is 0.519. The maximum absolute atomic E-state index is 12.6. The van der Waals surface area contributed by atoms with Crippen molar-refractivity contribution in [2.24, 2.45) is 0 Å². The van der Waals surface area contributed by atoms with E-state index in [2.05, 4.69) is 4.98 Å². The molecule has 3 rings (SSSR count). The van der Waals surface area contributed by atoms with E-state index in [-0.39, 0.29) is 0 Å². The molecule has 0 aliphatic heterocycles. The lowest BCUT2D eigenvalue weighted by Gasteiger charge is -2.11. The van der Waals surface area contributed by atoms with Crippen LogP contribution in [0, 0.1) is 0 Å². The number of pyridine rings is 1. The highest BCUT2D eigenvalue weighted by Crippen LogP contribution is 2.32. The number of aromatic nitrogens is 1. The van der Waals surface area contributed by atoms with Crippen LogP contribution in [-0.2, 0) is 11.2 Å². The van der Waals surface area contributed by atoms with Crippen molar-refractivity contribution in [1.82, 2.24) is 4.98 Å². The Balaban J connectivity index is 2.06. The van der Waals surface area contributed by atoms with E-state index in [9.17, 15) is 4.55 Å². The zero-order valence-electron chi connectivity index (χ0n) is 12.3. The Morgan fingerprint density at radius 2 is 1.59 bits per heavy atom. The second kappa shape index (κ2) is 6.25. The Labute approximate surface area is 131 Å². The van der Waals surface area contributed by atoms with E-state index >= 15 is 0 Å². The van der Waals surface area contributed by atoms with Crippen LogP contribution in [0.1, 0.15) is 0 Å². The van der Waals surface area contributed by atoms with E-state index in [0.29, 0.717) is 16.5 Å². The number of ether oxygens (including phenoxy) is 2. The van der Waals surface area contributed by atoms with Crippen molar-refractivity contribution < 1.29 is 14.0 Å².